The van der Waals surface area contributed by atoms with Gasteiger partial charge in [-0.3, -0.25) is 4.79 Å². The number of pyridine rings is 1. The molecule has 194 valence electrons. The van der Waals surface area contributed by atoms with E-state index in [0.29, 0.717) is 31.6 Å². The van der Waals surface area contributed by atoms with Crippen LogP contribution in [0.3, 0.4) is 0 Å². The van der Waals surface area contributed by atoms with Crippen molar-refractivity contribution in [2.75, 3.05) is 24.6 Å². The largest absolute Gasteiger partial charge is 0.463 e. The number of carbonyl (C=O) groups excluding carboxylic acids is 1. The molecule has 3 aromatic heterocycles. The van der Waals surface area contributed by atoms with Gasteiger partial charge in [-0.1, -0.05) is 0 Å². The van der Waals surface area contributed by atoms with E-state index in [-0.39, 0.29) is 23.7 Å². The number of nitrogens with one attached hydrogen (secondary N) is 2. The molecule has 37 heavy (non-hydrogen) atoms. The van der Waals surface area contributed by atoms with Crippen molar-refractivity contribution in [1.82, 2.24) is 30.2 Å². The third kappa shape index (κ3) is 5.49. The van der Waals surface area contributed by atoms with Crippen molar-refractivity contribution in [3.8, 4) is 12.1 Å². The normalized spacial score (nSPS) is 20.9. The highest BCUT2D eigenvalue weighted by Gasteiger charge is 2.38. The van der Waals surface area contributed by atoms with Crippen LogP contribution in [0, 0.1) is 23.2 Å². The molecule has 5 rings (SSSR count). The van der Waals surface area contributed by atoms with Crippen molar-refractivity contribution in [3.63, 3.8) is 0 Å². The van der Waals surface area contributed by atoms with Crippen molar-refractivity contribution >= 4 is 22.9 Å². The lowest BCUT2D eigenvalue weighted by Gasteiger charge is -2.32. The summed E-state index contributed by atoms with van der Waals surface area (Å²) in [6, 6.07) is 5.84. The lowest BCUT2D eigenvalue weighted by molar-refractivity contribution is 0.0405. The van der Waals surface area contributed by atoms with E-state index in [1.807, 2.05) is 17.2 Å². The number of amides is 1. The number of ether oxygens (including phenoxy) is 1. The molecule has 3 aromatic rings. The summed E-state index contributed by atoms with van der Waals surface area (Å²) in [4.78, 5) is 35.9. The minimum atomic E-state index is -1.11. The van der Waals surface area contributed by atoms with E-state index in [0.717, 1.165) is 30.3 Å². The Labute approximate surface area is 215 Å². The maximum absolute atomic E-state index is 13.0. The predicted octanol–water partition coefficient (Wildman–Crippen LogP) is 2.56. The second kappa shape index (κ2) is 9.94. The second-order valence-electron chi connectivity index (χ2n) is 10.5. The fraction of sp³-hybridized carbons (Fsp3) is 0.538. The fourth-order valence-corrected chi connectivity index (χ4v) is 4.57. The van der Waals surface area contributed by atoms with E-state index in [9.17, 15) is 9.90 Å². The average Bonchev–Trinajstić information content (AvgIpc) is 3.53. The van der Waals surface area contributed by atoms with E-state index < -0.39 is 17.6 Å². The number of nitriles is 1. The standard InChI is InChI=1S/C26H32N8O3/c1-15(26(2,3)36)30-23(35)22-31-24(33-25(32-22)37-14-18-11-17(18)12-27)34-9-6-16(7-10-34)20-13-29-21-19(20)5-4-8-28-21/h4-5,8,13,15-18,36H,6-7,9-11,14H2,1-3H3,(H,28,29)(H,30,35)/t15?,17-,18+/m0/s1. The molecule has 11 heteroatoms. The van der Waals surface area contributed by atoms with Gasteiger partial charge < -0.3 is 25.0 Å². The number of nitrogens with zero attached hydrogens (tertiary/aromatic N) is 6. The molecule has 3 N–H and O–H groups in total. The Morgan fingerprint density at radius 2 is 2.14 bits per heavy atom. The summed E-state index contributed by atoms with van der Waals surface area (Å²) in [6.45, 7) is 6.71. The van der Waals surface area contributed by atoms with Crippen LogP contribution in [0.1, 0.15) is 62.1 Å². The minimum absolute atomic E-state index is 0.00421. The van der Waals surface area contributed by atoms with Gasteiger partial charge >= 0.3 is 6.01 Å². The Bertz CT molecular complexity index is 1320. The summed E-state index contributed by atoms with van der Waals surface area (Å²) < 4.78 is 5.80. The van der Waals surface area contributed by atoms with E-state index >= 15 is 0 Å². The van der Waals surface area contributed by atoms with Crippen LogP contribution in [0.5, 0.6) is 6.01 Å². The first kappa shape index (κ1) is 24.9. The molecule has 0 bridgehead atoms. The van der Waals surface area contributed by atoms with Crippen LogP contribution in [0.4, 0.5) is 5.95 Å². The Morgan fingerprint density at radius 3 is 2.84 bits per heavy atom. The van der Waals surface area contributed by atoms with Crippen LogP contribution in [0.2, 0.25) is 0 Å². The van der Waals surface area contributed by atoms with Gasteiger partial charge in [0.15, 0.2) is 0 Å². The Balaban J connectivity index is 1.33. The van der Waals surface area contributed by atoms with Gasteiger partial charge in [0, 0.05) is 36.8 Å². The zero-order valence-electron chi connectivity index (χ0n) is 21.3. The molecule has 4 heterocycles. The second-order valence-corrected chi connectivity index (χ2v) is 10.5. The molecule has 2 fully saturated rings. The summed E-state index contributed by atoms with van der Waals surface area (Å²) in [7, 11) is 0. The van der Waals surface area contributed by atoms with Crippen molar-refractivity contribution in [3.05, 3.63) is 35.9 Å². The first-order valence-corrected chi connectivity index (χ1v) is 12.7. The quantitative estimate of drug-likeness (QED) is 0.420. The molecule has 1 aliphatic carbocycles. The van der Waals surface area contributed by atoms with Gasteiger partial charge in [-0.05, 0) is 63.6 Å². The van der Waals surface area contributed by atoms with Crippen LogP contribution in [-0.2, 0) is 0 Å². The van der Waals surface area contributed by atoms with E-state index in [4.69, 9.17) is 10.00 Å². The van der Waals surface area contributed by atoms with Crippen LogP contribution < -0.4 is 15.0 Å². The number of rotatable bonds is 8. The summed E-state index contributed by atoms with van der Waals surface area (Å²) in [5.41, 5.74) is 1.05. The number of aromatic amines is 1. The molecule has 3 atom stereocenters. The van der Waals surface area contributed by atoms with Gasteiger partial charge in [0.05, 0.1) is 30.2 Å². The highest BCUT2D eigenvalue weighted by atomic mass is 16.5. The highest BCUT2D eigenvalue weighted by Crippen LogP contribution is 2.38. The van der Waals surface area contributed by atoms with Crippen molar-refractivity contribution in [2.24, 2.45) is 11.8 Å². The topological polar surface area (TPSA) is 153 Å². The molecule has 1 saturated carbocycles. The van der Waals surface area contributed by atoms with Crippen LogP contribution in [0.15, 0.2) is 24.5 Å². The molecule has 1 unspecified atom stereocenters. The number of aromatic nitrogens is 5. The molecular weight excluding hydrogens is 472 g/mol. The van der Waals surface area contributed by atoms with Crippen LogP contribution in [0.25, 0.3) is 11.0 Å². The molecule has 2 aliphatic rings. The van der Waals surface area contributed by atoms with Gasteiger partial charge in [-0.25, -0.2) is 4.98 Å². The number of anilines is 1. The SMILES string of the molecule is CC(NC(=O)c1nc(OC[C@H]2C[C@H]2C#N)nc(N2CCC(c3c[nH]c4ncccc34)CC2)n1)C(C)(C)O. The third-order valence-corrected chi connectivity index (χ3v) is 7.43. The zero-order valence-corrected chi connectivity index (χ0v) is 21.3. The molecule has 0 spiro atoms. The number of fused-ring (bicyclic) bond motifs is 1. The van der Waals surface area contributed by atoms with Crippen molar-refractivity contribution in [2.45, 2.75) is 57.6 Å². The molecule has 0 radical (unpaired) electrons. The summed E-state index contributed by atoms with van der Waals surface area (Å²) >= 11 is 0. The highest BCUT2D eigenvalue weighted by molar-refractivity contribution is 5.91. The Hall–Kier alpha value is -3.78. The monoisotopic (exact) mass is 504 g/mol. The number of hydrogen-bond donors (Lipinski definition) is 3. The molecule has 1 aliphatic heterocycles. The van der Waals surface area contributed by atoms with Crippen molar-refractivity contribution in [1.29, 1.82) is 5.26 Å². The molecule has 1 amide bonds. The Kier molecular flexibility index (Phi) is 6.69. The number of piperidine rings is 1. The number of H-pyrrole nitrogens is 1. The smallest absolute Gasteiger partial charge is 0.321 e. The summed E-state index contributed by atoms with van der Waals surface area (Å²) in [6.07, 6.45) is 6.42. The van der Waals surface area contributed by atoms with Gasteiger partial charge in [-0.2, -0.15) is 20.2 Å². The molecule has 11 nitrogen and oxygen atoms in total. The molecule has 0 aromatic carbocycles. The number of aliphatic hydroxyl groups is 1. The van der Waals surface area contributed by atoms with Crippen molar-refractivity contribution < 1.29 is 14.6 Å². The van der Waals surface area contributed by atoms with Gasteiger partial charge in [0.1, 0.15) is 5.65 Å². The van der Waals surface area contributed by atoms with Gasteiger partial charge in [0.25, 0.3) is 5.91 Å². The zero-order chi connectivity index (χ0) is 26.2. The maximum atomic E-state index is 13.0. The minimum Gasteiger partial charge on any atom is -0.463 e. The van der Waals surface area contributed by atoms with E-state index in [1.165, 1.54) is 5.56 Å². The average molecular weight is 505 g/mol. The predicted molar refractivity (Wildman–Crippen MR) is 136 cm³/mol. The van der Waals surface area contributed by atoms with E-state index in [2.05, 4.69) is 42.4 Å². The number of carbonyl (C=O) groups is 1. The molecular formula is C26H32N8O3. The van der Waals surface area contributed by atoms with Gasteiger partial charge in [-0.15, -0.1) is 0 Å². The third-order valence-electron chi connectivity index (χ3n) is 7.43. The summed E-state index contributed by atoms with van der Waals surface area (Å²) in [5.74, 6) is 0.339. The number of hydrogen-bond acceptors (Lipinski definition) is 9. The fourth-order valence-electron chi connectivity index (χ4n) is 4.57. The lowest BCUT2D eigenvalue weighted by atomic mass is 9.89. The lowest BCUT2D eigenvalue weighted by Crippen LogP contribution is -2.47. The first-order valence-electron chi connectivity index (χ1n) is 12.7. The molecule has 1 saturated heterocycles. The maximum Gasteiger partial charge on any atom is 0.321 e. The van der Waals surface area contributed by atoms with Gasteiger partial charge in [0.2, 0.25) is 11.8 Å². The first-order chi connectivity index (χ1) is 17.7. The Morgan fingerprint density at radius 1 is 1.35 bits per heavy atom. The van der Waals surface area contributed by atoms with Crippen LogP contribution in [-0.4, -0.2) is 67.3 Å². The van der Waals surface area contributed by atoms with Crippen LogP contribution >= 0.6 is 0 Å². The summed E-state index contributed by atoms with van der Waals surface area (Å²) in [5, 5.41) is 23.2. The van der Waals surface area contributed by atoms with E-state index in [1.54, 1.807) is 27.0 Å².